The van der Waals surface area contributed by atoms with Crippen molar-refractivity contribution in [2.45, 2.75) is 52.1 Å². The van der Waals surface area contributed by atoms with Crippen molar-refractivity contribution in [3.05, 3.63) is 66.6 Å². The van der Waals surface area contributed by atoms with E-state index in [4.69, 9.17) is 4.98 Å². The molecule has 36 heavy (non-hydrogen) atoms. The Morgan fingerprint density at radius 2 is 1.78 bits per heavy atom. The van der Waals surface area contributed by atoms with Gasteiger partial charge < -0.3 is 10.4 Å². The van der Waals surface area contributed by atoms with E-state index in [2.05, 4.69) is 59.1 Å². The zero-order chi connectivity index (χ0) is 25.2. The van der Waals surface area contributed by atoms with Gasteiger partial charge in [-0.25, -0.2) is 24.5 Å². The molecule has 182 valence electrons. The lowest BCUT2D eigenvalue weighted by Crippen LogP contribution is -2.53. The van der Waals surface area contributed by atoms with Crippen molar-refractivity contribution in [1.29, 1.82) is 0 Å². The van der Waals surface area contributed by atoms with Gasteiger partial charge in [0, 0.05) is 47.0 Å². The summed E-state index contributed by atoms with van der Waals surface area (Å²) in [5.41, 5.74) is 5.35. The number of fused-ring (bicyclic) bond motifs is 2. The van der Waals surface area contributed by atoms with E-state index in [-0.39, 0.29) is 16.8 Å². The molecular weight excluding hydrogens is 452 g/mol. The van der Waals surface area contributed by atoms with Gasteiger partial charge >= 0.3 is 0 Å². The van der Waals surface area contributed by atoms with Gasteiger partial charge in [-0.1, -0.05) is 6.08 Å². The first-order chi connectivity index (χ1) is 17.1. The molecule has 0 unspecified atom stereocenters. The zero-order valence-corrected chi connectivity index (χ0v) is 21.0. The molecule has 0 saturated heterocycles. The van der Waals surface area contributed by atoms with Crippen LogP contribution in [0.15, 0.2) is 55.1 Å². The summed E-state index contributed by atoms with van der Waals surface area (Å²) in [5, 5.41) is 18.9. The Bertz CT molecular complexity index is 1670. The van der Waals surface area contributed by atoms with Crippen LogP contribution >= 0.6 is 0 Å². The van der Waals surface area contributed by atoms with E-state index in [9.17, 15) is 5.11 Å². The van der Waals surface area contributed by atoms with E-state index in [1.807, 2.05) is 48.1 Å². The van der Waals surface area contributed by atoms with Crippen LogP contribution in [0, 0.1) is 6.92 Å². The number of aromatic hydroxyl groups is 1. The number of rotatable bonds is 3. The van der Waals surface area contributed by atoms with Crippen LogP contribution in [-0.2, 0) is 0 Å². The lowest BCUT2D eigenvalue weighted by Gasteiger charge is -2.41. The van der Waals surface area contributed by atoms with Gasteiger partial charge in [-0.15, -0.1) is 0 Å². The number of nitrogens with one attached hydrogen (secondary N) is 1. The highest BCUT2D eigenvalue weighted by atomic mass is 16.3. The maximum absolute atomic E-state index is 10.8. The van der Waals surface area contributed by atoms with E-state index in [0.717, 1.165) is 28.9 Å². The zero-order valence-electron chi connectivity index (χ0n) is 21.0. The third-order valence-electron chi connectivity index (χ3n) is 6.36. The van der Waals surface area contributed by atoms with Crippen molar-refractivity contribution in [2.75, 3.05) is 0 Å². The van der Waals surface area contributed by atoms with E-state index in [1.165, 1.54) is 5.57 Å². The topological polar surface area (TPSA) is 106 Å². The van der Waals surface area contributed by atoms with Crippen LogP contribution in [0.3, 0.4) is 0 Å². The number of aryl methyl sites for hydroxylation is 1. The molecule has 0 amide bonds. The fourth-order valence-electron chi connectivity index (χ4n) is 5.22. The Kier molecular flexibility index (Phi) is 4.78. The van der Waals surface area contributed by atoms with Crippen LogP contribution in [-0.4, -0.2) is 50.1 Å². The van der Waals surface area contributed by atoms with E-state index >= 15 is 0 Å². The van der Waals surface area contributed by atoms with Crippen molar-refractivity contribution in [3.63, 3.8) is 0 Å². The van der Waals surface area contributed by atoms with Crippen LogP contribution in [0.1, 0.15) is 45.6 Å². The SMILES string of the molecule is Cc1nc2ccc(-c3cnc(-c4cn5ccc(C6=CC(C)(C)NC(C)(C)C6)nc5n4)c(O)c3)cn2n1. The van der Waals surface area contributed by atoms with Gasteiger partial charge in [0.2, 0.25) is 5.78 Å². The molecule has 0 bridgehead atoms. The molecule has 6 heterocycles. The third kappa shape index (κ3) is 4.01. The molecule has 1 aliphatic rings. The average Bonchev–Trinajstić information content (AvgIpc) is 3.38. The van der Waals surface area contributed by atoms with Crippen LogP contribution in [0.4, 0.5) is 0 Å². The molecule has 9 nitrogen and oxygen atoms in total. The normalized spacial score (nSPS) is 17.0. The van der Waals surface area contributed by atoms with Gasteiger partial charge in [-0.3, -0.25) is 4.40 Å². The van der Waals surface area contributed by atoms with Crippen molar-refractivity contribution < 1.29 is 5.11 Å². The summed E-state index contributed by atoms with van der Waals surface area (Å²) in [6.07, 6.45) is 10.5. The predicted molar refractivity (Wildman–Crippen MR) is 138 cm³/mol. The molecule has 5 aromatic rings. The second-order valence-corrected chi connectivity index (χ2v) is 10.7. The summed E-state index contributed by atoms with van der Waals surface area (Å²) in [4.78, 5) is 18.4. The van der Waals surface area contributed by atoms with Gasteiger partial charge in [0.1, 0.15) is 23.0 Å². The Hall–Kier alpha value is -4.11. The van der Waals surface area contributed by atoms with Gasteiger partial charge in [0.05, 0.1) is 5.69 Å². The smallest absolute Gasteiger partial charge is 0.234 e. The van der Waals surface area contributed by atoms with Crippen LogP contribution in [0.5, 0.6) is 5.75 Å². The lowest BCUT2D eigenvalue weighted by molar-refractivity contribution is 0.297. The quantitative estimate of drug-likeness (QED) is 0.393. The molecule has 2 N–H and O–H groups in total. The number of nitrogens with zero attached hydrogens (tertiary/aromatic N) is 7. The highest BCUT2D eigenvalue weighted by Crippen LogP contribution is 2.34. The molecule has 0 saturated carbocycles. The van der Waals surface area contributed by atoms with Crippen molar-refractivity contribution in [1.82, 2.24) is 39.3 Å². The summed E-state index contributed by atoms with van der Waals surface area (Å²) in [6, 6.07) is 7.54. The third-order valence-corrected chi connectivity index (χ3v) is 6.36. The lowest BCUT2D eigenvalue weighted by atomic mass is 9.82. The number of imidazole rings is 1. The molecule has 0 aromatic carbocycles. The minimum absolute atomic E-state index is 0.0310. The highest BCUT2D eigenvalue weighted by Gasteiger charge is 2.33. The Labute approximate surface area is 208 Å². The van der Waals surface area contributed by atoms with Crippen molar-refractivity contribution in [3.8, 4) is 28.3 Å². The number of hydrogen-bond donors (Lipinski definition) is 2. The highest BCUT2D eigenvalue weighted by molar-refractivity contribution is 5.72. The summed E-state index contributed by atoms with van der Waals surface area (Å²) in [5.74, 6) is 1.32. The Morgan fingerprint density at radius 1 is 0.972 bits per heavy atom. The first-order valence-electron chi connectivity index (χ1n) is 12.0. The fourth-order valence-corrected chi connectivity index (χ4v) is 5.22. The largest absolute Gasteiger partial charge is 0.506 e. The van der Waals surface area contributed by atoms with Gasteiger partial charge in [0.25, 0.3) is 0 Å². The van der Waals surface area contributed by atoms with Crippen LogP contribution in [0.2, 0.25) is 0 Å². The first-order valence-corrected chi connectivity index (χ1v) is 12.0. The summed E-state index contributed by atoms with van der Waals surface area (Å²) in [6.45, 7) is 10.6. The fraction of sp³-hybridized carbons (Fsp3) is 0.296. The summed E-state index contributed by atoms with van der Waals surface area (Å²) < 4.78 is 3.58. The van der Waals surface area contributed by atoms with Crippen LogP contribution < -0.4 is 5.32 Å². The van der Waals surface area contributed by atoms with Crippen LogP contribution in [0.25, 0.3) is 39.5 Å². The van der Waals surface area contributed by atoms with Crippen molar-refractivity contribution in [2.24, 2.45) is 0 Å². The number of hydrogen-bond acceptors (Lipinski definition) is 7. The molecule has 0 spiro atoms. The minimum atomic E-state index is -0.125. The molecule has 0 radical (unpaired) electrons. The predicted octanol–water partition coefficient (Wildman–Crippen LogP) is 4.45. The Balaban J connectivity index is 1.34. The van der Waals surface area contributed by atoms with E-state index in [0.29, 0.717) is 23.0 Å². The minimum Gasteiger partial charge on any atom is -0.506 e. The molecule has 0 fully saturated rings. The number of pyridine rings is 2. The molecule has 1 aliphatic heterocycles. The standard InChI is InChI=1S/C27H28N8O/c1-16-29-23-7-6-17(14-35(23)32-16)18-10-22(36)24(28-13-18)21-15-34-9-8-20(30-25(34)31-21)19-11-26(2,3)33-27(4,5)12-19/h6-11,13-15,33,36H,12H2,1-5H3. The monoisotopic (exact) mass is 480 g/mol. The number of aromatic nitrogens is 7. The van der Waals surface area contributed by atoms with Gasteiger partial charge in [-0.2, -0.15) is 5.10 Å². The molecule has 0 aliphatic carbocycles. The Morgan fingerprint density at radius 3 is 2.56 bits per heavy atom. The summed E-state index contributed by atoms with van der Waals surface area (Å²) in [7, 11) is 0. The molecule has 5 aromatic heterocycles. The second-order valence-electron chi connectivity index (χ2n) is 10.7. The molecule has 9 heteroatoms. The molecular formula is C27H28N8O. The van der Waals surface area contributed by atoms with E-state index in [1.54, 1.807) is 16.8 Å². The molecule has 6 rings (SSSR count). The summed E-state index contributed by atoms with van der Waals surface area (Å²) >= 11 is 0. The molecule has 0 atom stereocenters. The van der Waals surface area contributed by atoms with E-state index < -0.39 is 0 Å². The average molecular weight is 481 g/mol. The second kappa shape index (κ2) is 7.69. The van der Waals surface area contributed by atoms with Crippen molar-refractivity contribution >= 4 is 17.0 Å². The maximum atomic E-state index is 10.8. The maximum Gasteiger partial charge on any atom is 0.234 e. The first kappa shape index (κ1) is 22.4. The van der Waals surface area contributed by atoms with Gasteiger partial charge in [0.15, 0.2) is 5.65 Å². The van der Waals surface area contributed by atoms with Gasteiger partial charge in [-0.05, 0) is 70.9 Å².